The normalized spacial score (nSPS) is 10.6. The molecule has 0 aliphatic heterocycles. The third-order valence-corrected chi connectivity index (χ3v) is 4.19. The topological polar surface area (TPSA) is 73.3 Å². The molecule has 2 aromatic carbocycles. The van der Waals surface area contributed by atoms with Crippen molar-refractivity contribution in [3.8, 4) is 23.0 Å². The lowest BCUT2D eigenvalue weighted by atomic mass is 10.2. The number of halogens is 1. The molecule has 0 aromatic heterocycles. The van der Waals surface area contributed by atoms with E-state index in [-0.39, 0.29) is 24.0 Å². The number of nitrogens with one attached hydrogen (secondary N) is 2. The fourth-order valence-electron chi connectivity index (χ4n) is 2.67. The van der Waals surface area contributed by atoms with E-state index in [9.17, 15) is 0 Å². The summed E-state index contributed by atoms with van der Waals surface area (Å²) in [4.78, 5) is 4.66. The van der Waals surface area contributed by atoms with Crippen LogP contribution in [0.4, 0.5) is 0 Å². The summed E-state index contributed by atoms with van der Waals surface area (Å²) in [6, 6.07) is 11.5. The van der Waals surface area contributed by atoms with Gasteiger partial charge in [-0.1, -0.05) is 0 Å². The number of rotatable bonds is 9. The lowest BCUT2D eigenvalue weighted by molar-refractivity contribution is 0.390. The second-order valence-corrected chi connectivity index (χ2v) is 5.90. The molecule has 2 aromatic rings. The van der Waals surface area contributed by atoms with Crippen LogP contribution in [0, 0.1) is 0 Å². The van der Waals surface area contributed by atoms with Crippen LogP contribution in [0.3, 0.4) is 0 Å². The summed E-state index contributed by atoms with van der Waals surface area (Å²) < 4.78 is 21.4. The van der Waals surface area contributed by atoms with Gasteiger partial charge in [0.25, 0.3) is 0 Å². The van der Waals surface area contributed by atoms with Gasteiger partial charge in [-0.15, -0.1) is 24.0 Å². The number of hydrogen-bond donors (Lipinski definition) is 2. The van der Waals surface area contributed by atoms with E-state index in [1.54, 1.807) is 28.4 Å². The molecule has 0 fully saturated rings. The first-order valence-electron chi connectivity index (χ1n) is 9.09. The first-order valence-corrected chi connectivity index (χ1v) is 9.09. The largest absolute Gasteiger partial charge is 0.497 e. The van der Waals surface area contributed by atoms with Gasteiger partial charge in [0.2, 0.25) is 0 Å². The first-order chi connectivity index (χ1) is 13.6. The fraction of sp³-hybridized carbons (Fsp3) is 0.381. The van der Waals surface area contributed by atoms with E-state index in [0.717, 1.165) is 40.7 Å². The van der Waals surface area contributed by atoms with Crippen molar-refractivity contribution in [2.75, 3.05) is 35.0 Å². The van der Waals surface area contributed by atoms with Crippen LogP contribution in [0.5, 0.6) is 23.0 Å². The van der Waals surface area contributed by atoms with Crippen LogP contribution in [0.2, 0.25) is 0 Å². The van der Waals surface area contributed by atoms with E-state index in [0.29, 0.717) is 19.0 Å². The van der Waals surface area contributed by atoms with Gasteiger partial charge in [0.05, 0.1) is 35.0 Å². The zero-order valence-electron chi connectivity index (χ0n) is 17.6. The van der Waals surface area contributed by atoms with E-state index in [1.165, 1.54) is 0 Å². The first kappa shape index (κ1) is 24.7. The average molecular weight is 515 g/mol. The highest BCUT2D eigenvalue weighted by Gasteiger charge is 2.08. The van der Waals surface area contributed by atoms with Crippen molar-refractivity contribution in [2.24, 2.45) is 4.99 Å². The van der Waals surface area contributed by atoms with Crippen LogP contribution in [-0.2, 0) is 13.1 Å². The Morgan fingerprint density at radius 2 is 1.34 bits per heavy atom. The van der Waals surface area contributed by atoms with E-state index in [4.69, 9.17) is 18.9 Å². The van der Waals surface area contributed by atoms with Crippen LogP contribution in [0.25, 0.3) is 0 Å². The van der Waals surface area contributed by atoms with E-state index >= 15 is 0 Å². The van der Waals surface area contributed by atoms with Crippen molar-refractivity contribution in [3.63, 3.8) is 0 Å². The van der Waals surface area contributed by atoms with Crippen molar-refractivity contribution in [2.45, 2.75) is 20.0 Å². The summed E-state index contributed by atoms with van der Waals surface area (Å²) in [6.45, 7) is 3.82. The van der Waals surface area contributed by atoms with Crippen LogP contribution in [0.1, 0.15) is 18.1 Å². The molecule has 0 saturated carbocycles. The molecule has 0 heterocycles. The van der Waals surface area contributed by atoms with Gasteiger partial charge in [0.1, 0.15) is 23.0 Å². The highest BCUT2D eigenvalue weighted by Crippen LogP contribution is 2.26. The van der Waals surface area contributed by atoms with Crippen molar-refractivity contribution in [1.82, 2.24) is 10.6 Å². The zero-order chi connectivity index (χ0) is 20.4. The monoisotopic (exact) mass is 515 g/mol. The summed E-state index contributed by atoms with van der Waals surface area (Å²) in [6.07, 6.45) is 0. The summed E-state index contributed by atoms with van der Waals surface area (Å²) in [5, 5.41) is 6.58. The number of benzene rings is 2. The molecule has 0 bridgehead atoms. The van der Waals surface area contributed by atoms with Gasteiger partial charge in [0, 0.05) is 36.3 Å². The Morgan fingerprint density at radius 3 is 1.86 bits per heavy atom. The van der Waals surface area contributed by atoms with Crippen LogP contribution in [0.15, 0.2) is 41.4 Å². The molecular formula is C21H30IN3O4. The predicted molar refractivity (Wildman–Crippen MR) is 126 cm³/mol. The van der Waals surface area contributed by atoms with Gasteiger partial charge in [-0.05, 0) is 31.2 Å². The molecule has 2 rings (SSSR count). The third kappa shape index (κ3) is 7.19. The summed E-state index contributed by atoms with van der Waals surface area (Å²) in [5.74, 6) is 3.72. The lowest BCUT2D eigenvalue weighted by Crippen LogP contribution is -2.36. The average Bonchev–Trinajstić information content (AvgIpc) is 2.75. The Bertz CT molecular complexity index is 799. The molecule has 29 heavy (non-hydrogen) atoms. The highest BCUT2D eigenvalue weighted by molar-refractivity contribution is 14.0. The molecule has 0 unspecified atom stereocenters. The number of methoxy groups -OCH3 is 4. The van der Waals surface area contributed by atoms with E-state index in [2.05, 4.69) is 15.6 Å². The Hall–Kier alpha value is -2.36. The molecule has 0 radical (unpaired) electrons. The van der Waals surface area contributed by atoms with Crippen LogP contribution in [-0.4, -0.2) is 40.9 Å². The predicted octanol–water partition coefficient (Wildman–Crippen LogP) is 3.59. The SMILES string of the molecule is CCNC(=NCc1ccc(OC)cc1OC)NCc1ccc(OC)cc1OC.I. The number of nitrogens with zero attached hydrogens (tertiary/aromatic N) is 1. The lowest BCUT2D eigenvalue weighted by Gasteiger charge is -2.15. The Morgan fingerprint density at radius 1 is 0.793 bits per heavy atom. The van der Waals surface area contributed by atoms with Crippen molar-refractivity contribution in [3.05, 3.63) is 47.5 Å². The molecule has 0 spiro atoms. The van der Waals surface area contributed by atoms with Crippen LogP contribution >= 0.6 is 24.0 Å². The van der Waals surface area contributed by atoms with Crippen molar-refractivity contribution < 1.29 is 18.9 Å². The maximum atomic E-state index is 5.45. The zero-order valence-corrected chi connectivity index (χ0v) is 19.9. The number of hydrogen-bond acceptors (Lipinski definition) is 5. The maximum Gasteiger partial charge on any atom is 0.191 e. The molecule has 0 aliphatic rings. The molecular weight excluding hydrogens is 485 g/mol. The van der Waals surface area contributed by atoms with E-state index < -0.39 is 0 Å². The number of guanidine groups is 1. The third-order valence-electron chi connectivity index (χ3n) is 4.19. The molecule has 0 amide bonds. The number of ether oxygens (including phenoxy) is 4. The van der Waals surface area contributed by atoms with Gasteiger partial charge < -0.3 is 29.6 Å². The van der Waals surface area contributed by atoms with Gasteiger partial charge in [0.15, 0.2) is 5.96 Å². The quantitative estimate of drug-likeness (QED) is 0.302. The summed E-state index contributed by atoms with van der Waals surface area (Å²) in [5.41, 5.74) is 1.98. The molecule has 7 nitrogen and oxygen atoms in total. The summed E-state index contributed by atoms with van der Waals surface area (Å²) in [7, 11) is 6.55. The molecule has 0 atom stereocenters. The Kier molecular flexibility index (Phi) is 11.0. The second-order valence-electron chi connectivity index (χ2n) is 5.90. The molecule has 160 valence electrons. The smallest absolute Gasteiger partial charge is 0.191 e. The van der Waals surface area contributed by atoms with Crippen molar-refractivity contribution >= 4 is 29.9 Å². The summed E-state index contributed by atoms with van der Waals surface area (Å²) >= 11 is 0. The van der Waals surface area contributed by atoms with Crippen molar-refractivity contribution in [1.29, 1.82) is 0 Å². The van der Waals surface area contributed by atoms with Gasteiger partial charge in [-0.2, -0.15) is 0 Å². The standard InChI is InChI=1S/C21H29N3O4.HI/c1-6-22-21(23-13-15-7-9-17(25-2)11-19(15)27-4)24-14-16-8-10-18(26-3)12-20(16)28-5;/h7-12H,6,13-14H2,1-5H3,(H2,22,23,24);1H. The maximum absolute atomic E-state index is 5.45. The molecule has 8 heteroatoms. The highest BCUT2D eigenvalue weighted by atomic mass is 127. The Labute approximate surface area is 189 Å². The van der Waals surface area contributed by atoms with Crippen LogP contribution < -0.4 is 29.6 Å². The minimum Gasteiger partial charge on any atom is -0.497 e. The minimum absolute atomic E-state index is 0. The van der Waals surface area contributed by atoms with Gasteiger partial charge in [-0.3, -0.25) is 0 Å². The van der Waals surface area contributed by atoms with E-state index in [1.807, 2.05) is 43.3 Å². The molecule has 2 N–H and O–H groups in total. The Balaban J connectivity index is 0.00000420. The molecule has 0 saturated heterocycles. The fourth-order valence-corrected chi connectivity index (χ4v) is 2.67. The second kappa shape index (κ2) is 13.0. The minimum atomic E-state index is 0. The van der Waals surface area contributed by atoms with Gasteiger partial charge >= 0.3 is 0 Å². The van der Waals surface area contributed by atoms with Gasteiger partial charge in [-0.25, -0.2) is 4.99 Å². The molecule has 0 aliphatic carbocycles. The number of aliphatic imine (C=N–C) groups is 1.